The van der Waals surface area contributed by atoms with Crippen molar-refractivity contribution in [1.82, 2.24) is 9.88 Å². The number of aliphatic hydroxyl groups is 1. The van der Waals surface area contributed by atoms with E-state index in [9.17, 15) is 8.42 Å². The number of hydrogen-bond donors (Lipinski definition) is 2. The number of sulfonamides is 1. The summed E-state index contributed by atoms with van der Waals surface area (Å²) in [5.41, 5.74) is 1.39. The van der Waals surface area contributed by atoms with E-state index < -0.39 is 21.9 Å². The molecule has 6 nitrogen and oxygen atoms in total. The van der Waals surface area contributed by atoms with Crippen molar-refractivity contribution in [2.75, 3.05) is 6.61 Å². The second kappa shape index (κ2) is 4.94. The molecule has 0 aromatic carbocycles. The van der Waals surface area contributed by atoms with E-state index in [2.05, 4.69) is 9.88 Å². The first-order valence-electron chi connectivity index (χ1n) is 4.89. The van der Waals surface area contributed by atoms with Gasteiger partial charge in [-0.1, -0.05) is 5.16 Å². The van der Waals surface area contributed by atoms with Gasteiger partial charge in [-0.05, 0) is 20.8 Å². The van der Waals surface area contributed by atoms with Gasteiger partial charge in [-0.2, -0.15) is 0 Å². The maximum atomic E-state index is 11.6. The first-order valence-corrected chi connectivity index (χ1v) is 6.44. The Morgan fingerprint density at radius 1 is 1.50 bits per heavy atom. The Labute approximate surface area is 94.7 Å². The van der Waals surface area contributed by atoms with Gasteiger partial charge in [0.2, 0.25) is 10.0 Å². The summed E-state index contributed by atoms with van der Waals surface area (Å²) in [5.74, 6) is 0.594. The molecule has 16 heavy (non-hydrogen) atoms. The van der Waals surface area contributed by atoms with Gasteiger partial charge in [-0.15, -0.1) is 0 Å². The molecule has 0 aliphatic heterocycles. The highest BCUT2D eigenvalue weighted by Crippen LogP contribution is 2.12. The van der Waals surface area contributed by atoms with Crippen LogP contribution in [0.1, 0.15) is 23.9 Å². The summed E-state index contributed by atoms with van der Waals surface area (Å²) in [6.45, 7) is 4.63. The molecule has 0 amide bonds. The lowest BCUT2D eigenvalue weighted by Crippen LogP contribution is -2.34. The minimum atomic E-state index is -3.49. The maximum absolute atomic E-state index is 11.6. The summed E-state index contributed by atoms with van der Waals surface area (Å²) in [6.07, 6.45) is 0. The topological polar surface area (TPSA) is 92.4 Å². The highest BCUT2D eigenvalue weighted by atomic mass is 32.2. The van der Waals surface area contributed by atoms with Crippen LogP contribution in [0.3, 0.4) is 0 Å². The molecule has 1 unspecified atom stereocenters. The Hall–Kier alpha value is -0.920. The van der Waals surface area contributed by atoms with Gasteiger partial charge in [0.15, 0.2) is 0 Å². The van der Waals surface area contributed by atoms with Gasteiger partial charge in [0, 0.05) is 12.1 Å². The Bertz CT molecular complexity index is 433. The molecule has 1 aromatic rings. The van der Waals surface area contributed by atoms with Crippen LogP contribution in [-0.4, -0.2) is 30.5 Å². The van der Waals surface area contributed by atoms with Gasteiger partial charge in [-0.3, -0.25) is 0 Å². The lowest BCUT2D eigenvalue weighted by molar-refractivity contribution is 0.294. The normalized spacial score (nSPS) is 14.0. The van der Waals surface area contributed by atoms with Crippen LogP contribution in [0.25, 0.3) is 0 Å². The Kier molecular flexibility index (Phi) is 4.06. The fourth-order valence-electron chi connectivity index (χ4n) is 1.17. The second-order valence-corrected chi connectivity index (χ2v) is 5.85. The summed E-state index contributed by atoms with van der Waals surface area (Å²) in [5, 5.41) is 11.7. The number of aryl methyl sites for hydroxylation is 2. The third-order valence-corrected chi connectivity index (χ3v) is 4.17. The van der Waals surface area contributed by atoms with Crippen LogP contribution in [0.15, 0.2) is 4.52 Å². The summed E-state index contributed by atoms with van der Waals surface area (Å²) in [6, 6.07) is 0. The van der Waals surface area contributed by atoms with Crippen LogP contribution >= 0.6 is 0 Å². The standard InChI is InChI=1S/C9H16N2O4S/c1-6(5-12)16(13,14)10-4-9-7(2)11-15-8(9)3/h6,10,12H,4-5H2,1-3H3. The molecule has 1 heterocycles. The highest BCUT2D eigenvalue weighted by molar-refractivity contribution is 7.90. The number of aromatic nitrogens is 1. The molecule has 1 rings (SSSR count). The summed E-state index contributed by atoms with van der Waals surface area (Å²) in [7, 11) is -3.49. The predicted octanol–water partition coefficient (Wildman–Crippen LogP) is 0.0916. The third kappa shape index (κ3) is 2.81. The molecule has 0 radical (unpaired) electrons. The van der Waals surface area contributed by atoms with Crippen LogP contribution < -0.4 is 4.72 Å². The molecule has 0 saturated heterocycles. The first kappa shape index (κ1) is 13.1. The van der Waals surface area contributed by atoms with Crippen molar-refractivity contribution in [3.05, 3.63) is 17.0 Å². The smallest absolute Gasteiger partial charge is 0.216 e. The Balaban J connectivity index is 2.72. The fraction of sp³-hybridized carbons (Fsp3) is 0.667. The second-order valence-electron chi connectivity index (χ2n) is 3.66. The Morgan fingerprint density at radius 2 is 2.12 bits per heavy atom. The van der Waals surface area contributed by atoms with Gasteiger partial charge < -0.3 is 9.63 Å². The number of rotatable bonds is 5. The molecule has 7 heteroatoms. The molecule has 0 spiro atoms. The minimum Gasteiger partial charge on any atom is -0.395 e. The Morgan fingerprint density at radius 3 is 2.56 bits per heavy atom. The lowest BCUT2D eigenvalue weighted by Gasteiger charge is -2.10. The average molecular weight is 248 g/mol. The maximum Gasteiger partial charge on any atom is 0.216 e. The zero-order valence-corrected chi connectivity index (χ0v) is 10.3. The number of hydrogen-bond acceptors (Lipinski definition) is 5. The van der Waals surface area contributed by atoms with E-state index >= 15 is 0 Å². The molecule has 0 fully saturated rings. The summed E-state index contributed by atoms with van der Waals surface area (Å²) in [4.78, 5) is 0. The van der Waals surface area contributed by atoms with Crippen molar-refractivity contribution in [1.29, 1.82) is 0 Å². The minimum absolute atomic E-state index is 0.133. The fourth-order valence-corrected chi connectivity index (χ4v) is 1.99. The number of aliphatic hydroxyl groups excluding tert-OH is 1. The first-order chi connectivity index (χ1) is 7.38. The summed E-state index contributed by atoms with van der Waals surface area (Å²) >= 11 is 0. The molecule has 1 atom stereocenters. The van der Waals surface area contributed by atoms with E-state index in [1.54, 1.807) is 13.8 Å². The van der Waals surface area contributed by atoms with Crippen molar-refractivity contribution in [2.45, 2.75) is 32.6 Å². The SMILES string of the molecule is Cc1noc(C)c1CNS(=O)(=O)C(C)CO. The molecular formula is C9H16N2O4S. The zero-order chi connectivity index (χ0) is 12.3. The number of nitrogens with one attached hydrogen (secondary N) is 1. The van der Waals surface area contributed by atoms with Crippen molar-refractivity contribution in [3.63, 3.8) is 0 Å². The zero-order valence-electron chi connectivity index (χ0n) is 9.52. The lowest BCUT2D eigenvalue weighted by atomic mass is 10.2. The highest BCUT2D eigenvalue weighted by Gasteiger charge is 2.20. The third-order valence-electron chi connectivity index (χ3n) is 2.42. The van der Waals surface area contributed by atoms with Crippen LogP contribution in [0.2, 0.25) is 0 Å². The van der Waals surface area contributed by atoms with Crippen LogP contribution in [0, 0.1) is 13.8 Å². The van der Waals surface area contributed by atoms with Crippen molar-refractivity contribution in [2.24, 2.45) is 0 Å². The molecule has 0 bridgehead atoms. The van der Waals surface area contributed by atoms with E-state index in [0.29, 0.717) is 11.5 Å². The van der Waals surface area contributed by atoms with Gasteiger partial charge in [-0.25, -0.2) is 13.1 Å². The average Bonchev–Trinajstić information content (AvgIpc) is 2.55. The van der Waals surface area contributed by atoms with Gasteiger partial charge in [0.05, 0.1) is 17.6 Å². The van der Waals surface area contributed by atoms with Crippen LogP contribution in [-0.2, 0) is 16.6 Å². The molecule has 0 aliphatic carbocycles. The molecular weight excluding hydrogens is 232 g/mol. The number of nitrogens with zero attached hydrogens (tertiary/aromatic N) is 1. The van der Waals surface area contributed by atoms with Gasteiger partial charge in [0.1, 0.15) is 5.76 Å². The van der Waals surface area contributed by atoms with E-state index in [1.165, 1.54) is 6.92 Å². The van der Waals surface area contributed by atoms with Crippen molar-refractivity contribution < 1.29 is 18.0 Å². The van der Waals surface area contributed by atoms with E-state index in [0.717, 1.165) is 5.56 Å². The quantitative estimate of drug-likeness (QED) is 0.770. The molecule has 1 aromatic heterocycles. The van der Waals surface area contributed by atoms with Crippen LogP contribution in [0.5, 0.6) is 0 Å². The molecule has 0 aliphatic rings. The molecule has 92 valence electrons. The van der Waals surface area contributed by atoms with E-state index in [-0.39, 0.29) is 6.54 Å². The molecule has 0 saturated carbocycles. The van der Waals surface area contributed by atoms with Crippen LogP contribution in [0.4, 0.5) is 0 Å². The largest absolute Gasteiger partial charge is 0.395 e. The van der Waals surface area contributed by atoms with Gasteiger partial charge in [0.25, 0.3) is 0 Å². The molecule has 2 N–H and O–H groups in total. The predicted molar refractivity (Wildman–Crippen MR) is 58.3 cm³/mol. The van der Waals surface area contributed by atoms with Gasteiger partial charge >= 0.3 is 0 Å². The van der Waals surface area contributed by atoms with E-state index in [1.807, 2.05) is 0 Å². The summed E-state index contributed by atoms with van der Waals surface area (Å²) < 4.78 is 30.4. The van der Waals surface area contributed by atoms with Crippen molar-refractivity contribution >= 4 is 10.0 Å². The van der Waals surface area contributed by atoms with Crippen molar-refractivity contribution in [3.8, 4) is 0 Å². The van der Waals surface area contributed by atoms with E-state index in [4.69, 9.17) is 9.63 Å². The monoisotopic (exact) mass is 248 g/mol.